The number of ether oxygens (including phenoxy) is 1. The molecular formula is C17H13F3N2O3S. The minimum Gasteiger partial charge on any atom is -0.477 e. The van der Waals surface area contributed by atoms with Crippen LogP contribution in [0.4, 0.5) is 18.2 Å². The van der Waals surface area contributed by atoms with Gasteiger partial charge in [-0.25, -0.2) is 4.79 Å². The molecule has 1 N–H and O–H groups in total. The van der Waals surface area contributed by atoms with Crippen molar-refractivity contribution in [2.45, 2.75) is 6.18 Å². The lowest BCUT2D eigenvalue weighted by Gasteiger charge is -2.27. The Morgan fingerprint density at radius 3 is 2.35 bits per heavy atom. The highest BCUT2D eigenvalue weighted by atomic mass is 32.1. The first-order valence-corrected chi connectivity index (χ1v) is 8.45. The van der Waals surface area contributed by atoms with Gasteiger partial charge in [0.1, 0.15) is 15.9 Å². The van der Waals surface area contributed by atoms with Crippen LogP contribution in [0.1, 0.15) is 20.8 Å². The number of thiophene rings is 1. The topological polar surface area (TPSA) is 73.6 Å². The van der Waals surface area contributed by atoms with Gasteiger partial charge in [-0.05, 0) is 17.7 Å². The number of halogens is 3. The van der Waals surface area contributed by atoms with Gasteiger partial charge in [-0.3, -0.25) is 0 Å². The van der Waals surface area contributed by atoms with Gasteiger partial charge in [0.15, 0.2) is 0 Å². The number of nitriles is 1. The normalized spacial score (nSPS) is 14.9. The van der Waals surface area contributed by atoms with E-state index in [2.05, 4.69) is 0 Å². The number of hydrogen-bond donors (Lipinski definition) is 1. The van der Waals surface area contributed by atoms with Gasteiger partial charge in [0.25, 0.3) is 0 Å². The fraction of sp³-hybridized carbons (Fsp3) is 0.294. The summed E-state index contributed by atoms with van der Waals surface area (Å²) in [5.41, 5.74) is -0.253. The number of benzene rings is 1. The Kier molecular flexibility index (Phi) is 4.89. The van der Waals surface area contributed by atoms with Crippen molar-refractivity contribution in [3.63, 3.8) is 0 Å². The number of alkyl halides is 3. The summed E-state index contributed by atoms with van der Waals surface area (Å²) >= 11 is 0.956. The summed E-state index contributed by atoms with van der Waals surface area (Å²) in [6, 6.07) is 6.18. The molecule has 1 fully saturated rings. The van der Waals surface area contributed by atoms with Crippen LogP contribution < -0.4 is 4.90 Å². The number of morpholine rings is 1. The summed E-state index contributed by atoms with van der Waals surface area (Å²) in [6.45, 7) is 1.95. The van der Waals surface area contributed by atoms with E-state index in [4.69, 9.17) is 4.74 Å². The summed E-state index contributed by atoms with van der Waals surface area (Å²) in [7, 11) is 0. The maximum Gasteiger partial charge on any atom is 0.416 e. The Hall–Kier alpha value is -2.57. The number of carboxylic acids is 1. The van der Waals surface area contributed by atoms with E-state index in [1.54, 1.807) is 0 Å². The molecule has 136 valence electrons. The monoisotopic (exact) mass is 382 g/mol. The van der Waals surface area contributed by atoms with Crippen LogP contribution in [-0.2, 0) is 10.9 Å². The van der Waals surface area contributed by atoms with Crippen molar-refractivity contribution in [1.82, 2.24) is 0 Å². The zero-order chi connectivity index (χ0) is 18.9. The highest BCUT2D eigenvalue weighted by molar-refractivity contribution is 7.18. The Morgan fingerprint density at radius 2 is 1.85 bits per heavy atom. The third-order valence-corrected chi connectivity index (χ3v) is 5.23. The molecule has 0 saturated carbocycles. The second-order valence-electron chi connectivity index (χ2n) is 5.58. The molecule has 0 bridgehead atoms. The summed E-state index contributed by atoms with van der Waals surface area (Å²) in [5, 5.41) is 19.6. The third kappa shape index (κ3) is 3.38. The van der Waals surface area contributed by atoms with Crippen molar-refractivity contribution < 1.29 is 27.8 Å². The van der Waals surface area contributed by atoms with Crippen LogP contribution in [-0.4, -0.2) is 37.4 Å². The zero-order valence-corrected chi connectivity index (χ0v) is 14.2. The molecule has 5 nitrogen and oxygen atoms in total. The van der Waals surface area contributed by atoms with Crippen LogP contribution in [0.15, 0.2) is 24.3 Å². The quantitative estimate of drug-likeness (QED) is 0.873. The summed E-state index contributed by atoms with van der Waals surface area (Å²) in [5.74, 6) is -1.22. The minimum absolute atomic E-state index is 0.0669. The average Bonchev–Trinajstić information content (AvgIpc) is 3.01. The first-order valence-electron chi connectivity index (χ1n) is 7.63. The number of anilines is 1. The highest BCUT2D eigenvalue weighted by Gasteiger charge is 2.31. The van der Waals surface area contributed by atoms with Gasteiger partial charge in [0.2, 0.25) is 0 Å². The maximum absolute atomic E-state index is 12.8. The second kappa shape index (κ2) is 6.97. The molecule has 1 aromatic heterocycles. The molecule has 0 unspecified atom stereocenters. The van der Waals surface area contributed by atoms with E-state index >= 15 is 0 Å². The molecule has 2 heterocycles. The van der Waals surface area contributed by atoms with Crippen molar-refractivity contribution in [1.29, 1.82) is 5.26 Å². The smallest absolute Gasteiger partial charge is 0.416 e. The van der Waals surface area contributed by atoms with Crippen molar-refractivity contribution >= 4 is 22.3 Å². The van der Waals surface area contributed by atoms with Gasteiger partial charge in [0.05, 0.1) is 24.3 Å². The lowest BCUT2D eigenvalue weighted by molar-refractivity contribution is -0.137. The van der Waals surface area contributed by atoms with E-state index in [0.29, 0.717) is 31.3 Å². The molecule has 0 atom stereocenters. The van der Waals surface area contributed by atoms with Crippen molar-refractivity contribution in [2.24, 2.45) is 0 Å². The average molecular weight is 382 g/mol. The van der Waals surface area contributed by atoms with Gasteiger partial charge in [0, 0.05) is 18.7 Å². The van der Waals surface area contributed by atoms with E-state index in [1.807, 2.05) is 11.0 Å². The minimum atomic E-state index is -4.49. The van der Waals surface area contributed by atoms with E-state index in [0.717, 1.165) is 23.5 Å². The molecule has 9 heteroatoms. The SMILES string of the molecule is N#Cc1c(N2CCOCC2)sc(C(=O)O)c1-c1ccc(C(F)(F)F)cc1. The molecule has 0 amide bonds. The largest absolute Gasteiger partial charge is 0.477 e. The maximum atomic E-state index is 12.8. The molecule has 1 aliphatic heterocycles. The number of aromatic carboxylic acids is 1. The Morgan fingerprint density at radius 1 is 1.23 bits per heavy atom. The van der Waals surface area contributed by atoms with Crippen LogP contribution in [0, 0.1) is 11.3 Å². The van der Waals surface area contributed by atoms with Gasteiger partial charge in [-0.1, -0.05) is 12.1 Å². The van der Waals surface area contributed by atoms with Crippen LogP contribution in [0.2, 0.25) is 0 Å². The van der Waals surface area contributed by atoms with Gasteiger partial charge in [-0.15, -0.1) is 11.3 Å². The zero-order valence-electron chi connectivity index (χ0n) is 13.3. The van der Waals surface area contributed by atoms with Crippen molar-refractivity contribution in [2.75, 3.05) is 31.2 Å². The fourth-order valence-corrected chi connectivity index (χ4v) is 3.93. The molecule has 0 radical (unpaired) electrons. The number of hydrogen-bond acceptors (Lipinski definition) is 5. The number of carbonyl (C=O) groups is 1. The standard InChI is InChI=1S/C17H13F3N2O3S/c18-17(19,20)11-3-1-10(2-4-11)13-12(9-21)15(26-14(13)16(23)24)22-5-7-25-8-6-22/h1-4H,5-8H2,(H,23,24). The van der Waals surface area contributed by atoms with Crippen LogP contribution >= 0.6 is 11.3 Å². The molecule has 1 aliphatic rings. The van der Waals surface area contributed by atoms with Gasteiger partial charge >= 0.3 is 12.1 Å². The molecule has 2 aromatic rings. The van der Waals surface area contributed by atoms with Crippen LogP contribution in [0.25, 0.3) is 11.1 Å². The number of rotatable bonds is 3. The van der Waals surface area contributed by atoms with Crippen LogP contribution in [0.5, 0.6) is 0 Å². The molecule has 1 saturated heterocycles. The lowest BCUT2D eigenvalue weighted by Crippen LogP contribution is -2.36. The lowest BCUT2D eigenvalue weighted by atomic mass is 10.00. The fourth-order valence-electron chi connectivity index (χ4n) is 2.76. The van der Waals surface area contributed by atoms with Crippen molar-refractivity contribution in [3.05, 3.63) is 40.3 Å². The molecule has 0 spiro atoms. The predicted octanol–water partition coefficient (Wildman–Crippen LogP) is 3.84. The summed E-state index contributed by atoms with van der Waals surface area (Å²) in [4.78, 5) is 13.5. The Labute approximate surface area is 150 Å². The Bertz CT molecular complexity index is 863. The van der Waals surface area contributed by atoms with E-state index < -0.39 is 17.7 Å². The van der Waals surface area contributed by atoms with Gasteiger partial charge in [-0.2, -0.15) is 18.4 Å². The molecule has 26 heavy (non-hydrogen) atoms. The summed E-state index contributed by atoms with van der Waals surface area (Å²) < 4.78 is 43.5. The summed E-state index contributed by atoms with van der Waals surface area (Å²) in [6.07, 6.45) is -4.49. The first kappa shape index (κ1) is 18.2. The van der Waals surface area contributed by atoms with Crippen LogP contribution in [0.3, 0.4) is 0 Å². The van der Waals surface area contributed by atoms with E-state index in [1.165, 1.54) is 12.1 Å². The molecule has 3 rings (SSSR count). The molecule has 1 aromatic carbocycles. The highest BCUT2D eigenvalue weighted by Crippen LogP contribution is 2.42. The number of carboxylic acid groups (broad SMARTS) is 1. The first-order chi connectivity index (χ1) is 12.3. The van der Waals surface area contributed by atoms with Gasteiger partial charge < -0.3 is 14.7 Å². The molecule has 0 aliphatic carbocycles. The Balaban J connectivity index is 2.12. The van der Waals surface area contributed by atoms with Crippen molar-refractivity contribution in [3.8, 4) is 17.2 Å². The molecular weight excluding hydrogens is 369 g/mol. The number of nitrogens with zero attached hydrogens (tertiary/aromatic N) is 2. The van der Waals surface area contributed by atoms with E-state index in [-0.39, 0.29) is 21.6 Å². The second-order valence-corrected chi connectivity index (χ2v) is 6.58. The predicted molar refractivity (Wildman–Crippen MR) is 89.5 cm³/mol. The van der Waals surface area contributed by atoms with E-state index in [9.17, 15) is 28.3 Å². The third-order valence-electron chi connectivity index (χ3n) is 3.99.